The molecule has 1 aliphatic rings. The van der Waals surface area contributed by atoms with E-state index < -0.39 is 0 Å². The maximum Gasteiger partial charge on any atom is 0.233 e. The predicted molar refractivity (Wildman–Crippen MR) is 109 cm³/mol. The van der Waals surface area contributed by atoms with Gasteiger partial charge in [0.25, 0.3) is 0 Å². The lowest BCUT2D eigenvalue weighted by atomic mass is 10.1. The molecule has 1 fully saturated rings. The highest BCUT2D eigenvalue weighted by Crippen LogP contribution is 2.24. The van der Waals surface area contributed by atoms with Gasteiger partial charge in [0.2, 0.25) is 11.8 Å². The molecular weight excluding hydrogens is 352 g/mol. The van der Waals surface area contributed by atoms with Crippen LogP contribution in [0, 0.1) is 25.2 Å². The molecule has 0 atom stereocenters. The second-order valence-corrected chi connectivity index (χ2v) is 7.00. The molecule has 0 aromatic heterocycles. The Labute approximate surface area is 165 Å². The van der Waals surface area contributed by atoms with Crippen molar-refractivity contribution in [2.24, 2.45) is 0 Å². The number of hydrogen-bond acceptors (Lipinski definition) is 4. The number of piperazine rings is 1. The van der Waals surface area contributed by atoms with Crippen LogP contribution in [0.4, 0.5) is 11.4 Å². The largest absolute Gasteiger partial charge is 0.368 e. The molecule has 0 saturated carbocycles. The number of aryl methyl sites for hydroxylation is 1. The van der Waals surface area contributed by atoms with Crippen LogP contribution in [-0.2, 0) is 9.59 Å². The summed E-state index contributed by atoms with van der Waals surface area (Å²) >= 11 is 0. The molecule has 1 N–H and O–H groups in total. The summed E-state index contributed by atoms with van der Waals surface area (Å²) in [5.74, 6) is -0.536. The molecule has 2 amide bonds. The van der Waals surface area contributed by atoms with Gasteiger partial charge < -0.3 is 15.1 Å². The highest BCUT2D eigenvalue weighted by Gasteiger charge is 2.23. The van der Waals surface area contributed by atoms with Crippen LogP contribution >= 0.6 is 0 Å². The fourth-order valence-electron chi connectivity index (χ4n) is 3.40. The lowest BCUT2D eigenvalue weighted by Crippen LogP contribution is -2.49. The van der Waals surface area contributed by atoms with E-state index in [-0.39, 0.29) is 18.2 Å². The van der Waals surface area contributed by atoms with E-state index in [1.807, 2.05) is 6.07 Å². The van der Waals surface area contributed by atoms with Crippen LogP contribution in [0.5, 0.6) is 0 Å². The summed E-state index contributed by atoms with van der Waals surface area (Å²) in [7, 11) is 0. The summed E-state index contributed by atoms with van der Waals surface area (Å²) < 4.78 is 0. The number of amides is 2. The van der Waals surface area contributed by atoms with Gasteiger partial charge in [-0.1, -0.05) is 18.2 Å². The number of benzene rings is 2. The van der Waals surface area contributed by atoms with Crippen LogP contribution < -0.4 is 10.2 Å². The molecule has 0 aliphatic carbocycles. The van der Waals surface area contributed by atoms with Crippen molar-refractivity contribution in [3.63, 3.8) is 0 Å². The first kappa shape index (κ1) is 19.4. The van der Waals surface area contributed by atoms with Crippen molar-refractivity contribution in [1.82, 2.24) is 4.90 Å². The molecule has 0 spiro atoms. The molecule has 6 heteroatoms. The minimum atomic E-state index is -0.364. The van der Waals surface area contributed by atoms with E-state index in [1.165, 1.54) is 16.8 Å². The van der Waals surface area contributed by atoms with Crippen molar-refractivity contribution in [1.29, 1.82) is 5.26 Å². The van der Waals surface area contributed by atoms with Crippen LogP contribution in [0.1, 0.15) is 23.1 Å². The number of nitrogens with one attached hydrogen (secondary N) is 1. The third kappa shape index (κ3) is 4.49. The van der Waals surface area contributed by atoms with Gasteiger partial charge in [0.05, 0.1) is 11.6 Å². The lowest BCUT2D eigenvalue weighted by Gasteiger charge is -2.37. The van der Waals surface area contributed by atoms with Crippen LogP contribution in [0.3, 0.4) is 0 Å². The molecule has 2 aromatic carbocycles. The molecule has 0 radical (unpaired) electrons. The van der Waals surface area contributed by atoms with Gasteiger partial charge >= 0.3 is 0 Å². The molecule has 1 heterocycles. The van der Waals surface area contributed by atoms with Gasteiger partial charge in [0, 0.05) is 37.6 Å². The minimum Gasteiger partial charge on any atom is -0.368 e. The molecule has 0 unspecified atom stereocenters. The monoisotopic (exact) mass is 376 g/mol. The molecule has 1 saturated heterocycles. The molecule has 144 valence electrons. The summed E-state index contributed by atoms with van der Waals surface area (Å²) in [5, 5.41) is 11.6. The first-order valence-corrected chi connectivity index (χ1v) is 9.37. The molecule has 28 heavy (non-hydrogen) atoms. The first-order valence-electron chi connectivity index (χ1n) is 9.37. The third-order valence-corrected chi connectivity index (χ3v) is 5.14. The number of carbonyl (C=O) groups excluding carboxylic acids is 2. The van der Waals surface area contributed by atoms with E-state index in [2.05, 4.69) is 42.3 Å². The SMILES string of the molecule is Cc1cccc(N2CCN(C(=O)CC(=O)Nc3cccc(C#N)c3)CC2)c1C. The number of hydrogen-bond donors (Lipinski definition) is 1. The second kappa shape index (κ2) is 8.57. The Kier molecular flexibility index (Phi) is 5.95. The number of anilines is 2. The highest BCUT2D eigenvalue weighted by molar-refractivity contribution is 6.03. The smallest absolute Gasteiger partial charge is 0.233 e. The van der Waals surface area contributed by atoms with E-state index in [9.17, 15) is 9.59 Å². The summed E-state index contributed by atoms with van der Waals surface area (Å²) in [6, 6.07) is 14.9. The number of rotatable bonds is 4. The zero-order chi connectivity index (χ0) is 20.1. The third-order valence-electron chi connectivity index (χ3n) is 5.14. The van der Waals surface area contributed by atoms with Gasteiger partial charge in [0.1, 0.15) is 6.42 Å². The van der Waals surface area contributed by atoms with Crippen LogP contribution in [0.15, 0.2) is 42.5 Å². The van der Waals surface area contributed by atoms with Crippen molar-refractivity contribution in [2.45, 2.75) is 20.3 Å². The zero-order valence-electron chi connectivity index (χ0n) is 16.2. The average Bonchev–Trinajstić information content (AvgIpc) is 2.70. The van der Waals surface area contributed by atoms with E-state index >= 15 is 0 Å². The van der Waals surface area contributed by atoms with Gasteiger partial charge in [-0.15, -0.1) is 0 Å². The summed E-state index contributed by atoms with van der Waals surface area (Å²) in [5.41, 5.74) is 4.72. The van der Waals surface area contributed by atoms with E-state index in [0.717, 1.165) is 13.1 Å². The average molecular weight is 376 g/mol. The van der Waals surface area contributed by atoms with Crippen molar-refractivity contribution >= 4 is 23.2 Å². The summed E-state index contributed by atoms with van der Waals surface area (Å²) in [6.07, 6.45) is -0.194. The van der Waals surface area contributed by atoms with Gasteiger partial charge in [-0.3, -0.25) is 9.59 Å². The Morgan fingerprint density at radius 3 is 2.50 bits per heavy atom. The Morgan fingerprint density at radius 2 is 1.79 bits per heavy atom. The van der Waals surface area contributed by atoms with Crippen LogP contribution in [0.2, 0.25) is 0 Å². The molecular formula is C22H24N4O2. The van der Waals surface area contributed by atoms with Gasteiger partial charge in [-0.25, -0.2) is 0 Å². The minimum absolute atomic E-state index is 0.172. The van der Waals surface area contributed by atoms with Gasteiger partial charge in [-0.05, 0) is 49.2 Å². The van der Waals surface area contributed by atoms with Crippen molar-refractivity contribution < 1.29 is 9.59 Å². The maximum atomic E-state index is 12.5. The number of nitriles is 1. The van der Waals surface area contributed by atoms with Gasteiger partial charge in [0.15, 0.2) is 0 Å². The fourth-order valence-corrected chi connectivity index (χ4v) is 3.40. The summed E-state index contributed by atoms with van der Waals surface area (Å²) in [6.45, 7) is 6.92. The maximum absolute atomic E-state index is 12.5. The van der Waals surface area contributed by atoms with Crippen molar-refractivity contribution in [2.75, 3.05) is 36.4 Å². The van der Waals surface area contributed by atoms with Crippen molar-refractivity contribution in [3.8, 4) is 6.07 Å². The van der Waals surface area contributed by atoms with Crippen LogP contribution in [-0.4, -0.2) is 42.9 Å². The Balaban J connectivity index is 1.53. The van der Waals surface area contributed by atoms with Crippen LogP contribution in [0.25, 0.3) is 0 Å². The van der Waals surface area contributed by atoms with E-state index in [4.69, 9.17) is 5.26 Å². The summed E-state index contributed by atoms with van der Waals surface area (Å²) in [4.78, 5) is 28.7. The molecule has 0 bridgehead atoms. The second-order valence-electron chi connectivity index (χ2n) is 7.00. The molecule has 3 rings (SSSR count). The highest BCUT2D eigenvalue weighted by atomic mass is 16.2. The molecule has 1 aliphatic heterocycles. The first-order chi connectivity index (χ1) is 13.5. The van der Waals surface area contributed by atoms with Gasteiger partial charge in [-0.2, -0.15) is 5.26 Å². The Hall–Kier alpha value is -3.33. The number of carbonyl (C=O) groups is 2. The van der Waals surface area contributed by atoms with E-state index in [1.54, 1.807) is 29.2 Å². The Morgan fingerprint density at radius 1 is 1.07 bits per heavy atom. The fraction of sp³-hybridized carbons (Fsp3) is 0.318. The topological polar surface area (TPSA) is 76.4 Å². The molecule has 6 nitrogen and oxygen atoms in total. The Bertz CT molecular complexity index is 924. The normalized spacial score (nSPS) is 13.8. The lowest BCUT2D eigenvalue weighted by molar-refractivity contribution is -0.134. The zero-order valence-corrected chi connectivity index (χ0v) is 16.2. The predicted octanol–water partition coefficient (Wildman–Crippen LogP) is 2.85. The molecule has 2 aromatic rings. The van der Waals surface area contributed by atoms with E-state index in [0.29, 0.717) is 24.3 Å². The standard InChI is InChI=1S/C22H24N4O2/c1-16-5-3-8-20(17(16)2)25-9-11-26(12-10-25)22(28)14-21(27)24-19-7-4-6-18(13-19)15-23/h3-8,13H,9-12,14H2,1-2H3,(H,24,27). The quantitative estimate of drug-likeness (QED) is 0.833. The number of nitrogens with zero attached hydrogens (tertiary/aromatic N) is 3. The van der Waals surface area contributed by atoms with Crippen molar-refractivity contribution in [3.05, 3.63) is 59.2 Å².